The maximum absolute atomic E-state index is 12.8. The molecule has 0 N–H and O–H groups in total. The maximum Gasteiger partial charge on any atom is 0.315 e. The van der Waals surface area contributed by atoms with E-state index in [0.717, 1.165) is 24.1 Å². The van der Waals surface area contributed by atoms with Crippen molar-refractivity contribution in [1.82, 2.24) is 0 Å². The average Bonchev–Trinajstić information content (AvgIpc) is 2.65. The zero-order chi connectivity index (χ0) is 18.7. The number of carbonyl (C=O) groups excluding carboxylic acids is 2. The van der Waals surface area contributed by atoms with Crippen LogP contribution in [0.5, 0.6) is 5.75 Å². The van der Waals surface area contributed by atoms with Gasteiger partial charge in [0.25, 0.3) is 0 Å². The molecule has 136 valence electrons. The molecule has 0 fully saturated rings. The van der Waals surface area contributed by atoms with Crippen molar-refractivity contribution >= 4 is 17.5 Å². The van der Waals surface area contributed by atoms with Crippen LogP contribution >= 0.6 is 0 Å². The van der Waals surface area contributed by atoms with Gasteiger partial charge in [0.05, 0.1) is 7.11 Å². The molecular formula is C21H23NO4. The van der Waals surface area contributed by atoms with Crippen LogP contribution in [0.15, 0.2) is 53.2 Å². The Hall–Kier alpha value is -2.69. The van der Waals surface area contributed by atoms with Gasteiger partial charge >= 0.3 is 5.97 Å². The predicted octanol–water partition coefficient (Wildman–Crippen LogP) is 3.61. The van der Waals surface area contributed by atoms with E-state index in [1.54, 1.807) is 7.11 Å². The molecule has 0 spiro atoms. The number of methoxy groups -OCH3 is 1. The van der Waals surface area contributed by atoms with Gasteiger partial charge in [0, 0.05) is 29.3 Å². The summed E-state index contributed by atoms with van der Waals surface area (Å²) >= 11 is 0. The molecule has 5 nitrogen and oxygen atoms in total. The van der Waals surface area contributed by atoms with Gasteiger partial charge in [-0.05, 0) is 37.5 Å². The zero-order valence-corrected chi connectivity index (χ0v) is 15.2. The van der Waals surface area contributed by atoms with Crippen molar-refractivity contribution in [2.75, 3.05) is 13.7 Å². The lowest BCUT2D eigenvalue weighted by atomic mass is 9.72. The molecule has 1 aromatic carbocycles. The third kappa shape index (κ3) is 3.34. The molecular weight excluding hydrogens is 330 g/mol. The second-order valence-electron chi connectivity index (χ2n) is 6.54. The predicted molar refractivity (Wildman–Crippen MR) is 99.4 cm³/mol. The normalized spacial score (nSPS) is 22.4. The number of aliphatic imine (C=N–C) groups is 1. The fraction of sp³-hybridized carbons (Fsp3) is 0.381. The molecule has 1 unspecified atom stereocenters. The van der Waals surface area contributed by atoms with Gasteiger partial charge in [-0.15, -0.1) is 0 Å². The standard InChI is InChI=1S/C21H23NO4/c1-4-11-26-21(24)18-13(2)22-16-9-6-10-17(23)20(16)19(18)14-7-5-8-15(12-14)25-3/h4-5,7-8,12,18-19H,1,6,9-11H2,2-3H3/t18?,19-/m1/s1. The molecule has 2 aliphatic rings. The summed E-state index contributed by atoms with van der Waals surface area (Å²) in [5.74, 6) is -0.655. The molecule has 0 aromatic heterocycles. The van der Waals surface area contributed by atoms with Crippen LogP contribution in [0.3, 0.4) is 0 Å². The first-order valence-electron chi connectivity index (χ1n) is 8.79. The SMILES string of the molecule is C=CCOC(=O)C1C(C)=NC2=C(C(=O)CCC2)[C@@H]1c1cccc(OC)c1. The van der Waals surface area contributed by atoms with E-state index >= 15 is 0 Å². The molecule has 5 heteroatoms. The van der Waals surface area contributed by atoms with Crippen molar-refractivity contribution < 1.29 is 19.1 Å². The number of esters is 1. The Balaban J connectivity index is 2.12. The molecule has 0 saturated heterocycles. The van der Waals surface area contributed by atoms with Crippen LogP contribution in [-0.2, 0) is 14.3 Å². The highest BCUT2D eigenvalue weighted by Crippen LogP contribution is 2.44. The summed E-state index contributed by atoms with van der Waals surface area (Å²) in [4.78, 5) is 30.1. The Morgan fingerprint density at radius 2 is 2.19 bits per heavy atom. The minimum absolute atomic E-state index is 0.0665. The average molecular weight is 353 g/mol. The summed E-state index contributed by atoms with van der Waals surface area (Å²) < 4.78 is 10.7. The van der Waals surface area contributed by atoms with Crippen LogP contribution in [0.25, 0.3) is 0 Å². The van der Waals surface area contributed by atoms with Crippen LogP contribution in [-0.4, -0.2) is 31.2 Å². The molecule has 0 saturated carbocycles. The molecule has 1 heterocycles. The van der Waals surface area contributed by atoms with Crippen LogP contribution in [0, 0.1) is 5.92 Å². The molecule has 1 aliphatic heterocycles. The summed E-state index contributed by atoms with van der Waals surface area (Å²) in [7, 11) is 1.60. The highest BCUT2D eigenvalue weighted by atomic mass is 16.5. The van der Waals surface area contributed by atoms with Crippen LogP contribution in [0.4, 0.5) is 0 Å². The Kier molecular flexibility index (Phi) is 5.35. The molecule has 26 heavy (non-hydrogen) atoms. The largest absolute Gasteiger partial charge is 0.497 e. The number of benzene rings is 1. The van der Waals surface area contributed by atoms with Gasteiger partial charge in [0.1, 0.15) is 18.3 Å². The Bertz CT molecular complexity index is 806. The highest BCUT2D eigenvalue weighted by Gasteiger charge is 2.43. The Morgan fingerprint density at radius 3 is 2.92 bits per heavy atom. The van der Waals surface area contributed by atoms with Crippen molar-refractivity contribution in [1.29, 1.82) is 0 Å². The van der Waals surface area contributed by atoms with E-state index in [1.165, 1.54) is 6.08 Å². The third-order valence-corrected chi connectivity index (χ3v) is 4.88. The van der Waals surface area contributed by atoms with Gasteiger partial charge in [0.15, 0.2) is 5.78 Å². The number of rotatable bonds is 5. The number of hydrogen-bond acceptors (Lipinski definition) is 5. The number of nitrogens with zero attached hydrogens (tertiary/aromatic N) is 1. The third-order valence-electron chi connectivity index (χ3n) is 4.88. The molecule has 3 rings (SSSR count). The lowest BCUT2D eigenvalue weighted by Crippen LogP contribution is -2.37. The molecule has 1 aliphatic carbocycles. The Morgan fingerprint density at radius 1 is 1.38 bits per heavy atom. The summed E-state index contributed by atoms with van der Waals surface area (Å²) in [5, 5.41) is 0. The van der Waals surface area contributed by atoms with Gasteiger partial charge in [-0.3, -0.25) is 14.6 Å². The fourth-order valence-corrected chi connectivity index (χ4v) is 3.74. The number of ketones is 1. The lowest BCUT2D eigenvalue weighted by molar-refractivity contribution is -0.145. The molecule has 2 atom stereocenters. The van der Waals surface area contributed by atoms with Gasteiger partial charge < -0.3 is 9.47 Å². The van der Waals surface area contributed by atoms with Gasteiger partial charge in [-0.1, -0.05) is 24.8 Å². The van der Waals surface area contributed by atoms with Gasteiger partial charge in [0.2, 0.25) is 0 Å². The smallest absolute Gasteiger partial charge is 0.315 e. The topological polar surface area (TPSA) is 65.0 Å². The summed E-state index contributed by atoms with van der Waals surface area (Å²) in [6.45, 7) is 5.55. The lowest BCUT2D eigenvalue weighted by Gasteiger charge is -2.34. The van der Waals surface area contributed by atoms with E-state index in [0.29, 0.717) is 23.5 Å². The molecule has 0 radical (unpaired) electrons. The Labute approximate surface area is 153 Å². The van der Waals surface area contributed by atoms with Crippen molar-refractivity contribution in [3.05, 3.63) is 53.8 Å². The van der Waals surface area contributed by atoms with E-state index in [2.05, 4.69) is 11.6 Å². The summed E-state index contributed by atoms with van der Waals surface area (Å²) in [6, 6.07) is 7.51. The minimum atomic E-state index is -0.622. The van der Waals surface area contributed by atoms with Crippen molar-refractivity contribution in [3.8, 4) is 5.75 Å². The van der Waals surface area contributed by atoms with Crippen molar-refractivity contribution in [3.63, 3.8) is 0 Å². The first kappa shape index (κ1) is 18.1. The fourth-order valence-electron chi connectivity index (χ4n) is 3.74. The van der Waals surface area contributed by atoms with Crippen molar-refractivity contribution in [2.45, 2.75) is 32.1 Å². The van der Waals surface area contributed by atoms with Crippen LogP contribution in [0.2, 0.25) is 0 Å². The van der Waals surface area contributed by atoms with Gasteiger partial charge in [-0.25, -0.2) is 0 Å². The molecule has 1 aromatic rings. The monoisotopic (exact) mass is 353 g/mol. The van der Waals surface area contributed by atoms with E-state index in [-0.39, 0.29) is 18.4 Å². The number of Topliss-reactive ketones (excluding diaryl/α,β-unsaturated/α-hetero) is 1. The van der Waals surface area contributed by atoms with E-state index in [1.807, 2.05) is 31.2 Å². The van der Waals surface area contributed by atoms with Gasteiger partial charge in [-0.2, -0.15) is 0 Å². The number of carbonyl (C=O) groups is 2. The maximum atomic E-state index is 12.8. The quantitative estimate of drug-likeness (QED) is 0.599. The summed E-state index contributed by atoms with van der Waals surface area (Å²) in [5.41, 5.74) is 3.00. The highest BCUT2D eigenvalue weighted by molar-refractivity contribution is 6.08. The van der Waals surface area contributed by atoms with E-state index in [9.17, 15) is 9.59 Å². The molecule has 0 amide bonds. The van der Waals surface area contributed by atoms with Crippen LogP contribution < -0.4 is 4.74 Å². The van der Waals surface area contributed by atoms with Crippen molar-refractivity contribution in [2.24, 2.45) is 10.9 Å². The molecule has 0 bridgehead atoms. The number of hydrogen-bond donors (Lipinski definition) is 0. The number of allylic oxidation sites excluding steroid dienone is 2. The second-order valence-corrected chi connectivity index (χ2v) is 6.54. The van der Waals surface area contributed by atoms with E-state index in [4.69, 9.17) is 9.47 Å². The minimum Gasteiger partial charge on any atom is -0.497 e. The zero-order valence-electron chi connectivity index (χ0n) is 15.2. The summed E-state index contributed by atoms with van der Waals surface area (Å²) in [6.07, 6.45) is 3.57. The first-order chi connectivity index (χ1) is 12.6. The van der Waals surface area contributed by atoms with E-state index < -0.39 is 11.8 Å². The second kappa shape index (κ2) is 7.68. The van der Waals surface area contributed by atoms with Crippen LogP contribution in [0.1, 0.15) is 37.7 Å². The first-order valence-corrected chi connectivity index (χ1v) is 8.79. The number of ether oxygens (including phenoxy) is 2.